The molecule has 1 heterocycles. The SMILES string of the molecule is CNC(C)(CCCN1CCCOC(C)C1)C(=O)OC. The summed E-state index contributed by atoms with van der Waals surface area (Å²) in [5.41, 5.74) is -0.581. The molecule has 0 radical (unpaired) electrons. The highest BCUT2D eigenvalue weighted by atomic mass is 16.5. The molecular weight excluding hydrogens is 244 g/mol. The van der Waals surface area contributed by atoms with E-state index in [0.717, 1.165) is 45.5 Å². The molecule has 1 rings (SSSR count). The van der Waals surface area contributed by atoms with Crippen LogP contribution in [0.1, 0.15) is 33.1 Å². The molecule has 2 atom stereocenters. The molecule has 112 valence electrons. The van der Waals surface area contributed by atoms with Gasteiger partial charge >= 0.3 is 5.97 Å². The largest absolute Gasteiger partial charge is 0.468 e. The van der Waals surface area contributed by atoms with Crippen molar-refractivity contribution in [2.45, 2.75) is 44.8 Å². The van der Waals surface area contributed by atoms with Crippen molar-refractivity contribution in [3.05, 3.63) is 0 Å². The van der Waals surface area contributed by atoms with Gasteiger partial charge in [-0.25, -0.2) is 0 Å². The molecular formula is C14H28N2O3. The molecule has 1 aliphatic heterocycles. The van der Waals surface area contributed by atoms with Gasteiger partial charge in [0.25, 0.3) is 0 Å². The summed E-state index contributed by atoms with van der Waals surface area (Å²) in [5.74, 6) is -0.192. The Hall–Kier alpha value is -0.650. The van der Waals surface area contributed by atoms with Gasteiger partial charge in [-0.3, -0.25) is 4.79 Å². The molecule has 0 amide bonds. The zero-order valence-electron chi connectivity index (χ0n) is 12.7. The van der Waals surface area contributed by atoms with Crippen molar-refractivity contribution in [1.82, 2.24) is 10.2 Å². The second kappa shape index (κ2) is 7.82. The van der Waals surface area contributed by atoms with Crippen LogP contribution in [0.25, 0.3) is 0 Å². The van der Waals surface area contributed by atoms with Crippen LogP contribution in [0.3, 0.4) is 0 Å². The first kappa shape index (κ1) is 16.4. The van der Waals surface area contributed by atoms with Gasteiger partial charge in [-0.2, -0.15) is 0 Å². The van der Waals surface area contributed by atoms with E-state index < -0.39 is 5.54 Å². The van der Waals surface area contributed by atoms with Crippen LogP contribution in [-0.4, -0.2) is 62.9 Å². The number of esters is 1. The van der Waals surface area contributed by atoms with Crippen LogP contribution in [-0.2, 0) is 14.3 Å². The topological polar surface area (TPSA) is 50.8 Å². The predicted octanol–water partition coefficient (Wildman–Crippen LogP) is 1.03. The first-order chi connectivity index (χ1) is 9.01. The molecule has 1 fully saturated rings. The van der Waals surface area contributed by atoms with Crippen molar-refractivity contribution < 1.29 is 14.3 Å². The highest BCUT2D eigenvalue weighted by molar-refractivity contribution is 5.80. The van der Waals surface area contributed by atoms with Crippen LogP contribution >= 0.6 is 0 Å². The zero-order chi connectivity index (χ0) is 14.3. The van der Waals surface area contributed by atoms with Gasteiger partial charge in [0.05, 0.1) is 13.2 Å². The number of nitrogens with one attached hydrogen (secondary N) is 1. The highest BCUT2D eigenvalue weighted by Gasteiger charge is 2.32. The lowest BCUT2D eigenvalue weighted by Gasteiger charge is -2.28. The van der Waals surface area contributed by atoms with Gasteiger partial charge in [0.15, 0.2) is 0 Å². The summed E-state index contributed by atoms with van der Waals surface area (Å²) < 4.78 is 10.5. The highest BCUT2D eigenvalue weighted by Crippen LogP contribution is 2.15. The van der Waals surface area contributed by atoms with Gasteiger partial charge in [-0.1, -0.05) is 0 Å². The Morgan fingerprint density at radius 3 is 2.95 bits per heavy atom. The molecule has 19 heavy (non-hydrogen) atoms. The lowest BCUT2D eigenvalue weighted by molar-refractivity contribution is -0.148. The Morgan fingerprint density at radius 1 is 1.58 bits per heavy atom. The summed E-state index contributed by atoms with van der Waals surface area (Å²) >= 11 is 0. The molecule has 2 unspecified atom stereocenters. The van der Waals surface area contributed by atoms with Crippen molar-refractivity contribution in [2.24, 2.45) is 0 Å². The van der Waals surface area contributed by atoms with E-state index in [0.29, 0.717) is 6.10 Å². The number of methoxy groups -OCH3 is 1. The van der Waals surface area contributed by atoms with Crippen molar-refractivity contribution in [1.29, 1.82) is 0 Å². The van der Waals surface area contributed by atoms with Crippen molar-refractivity contribution in [2.75, 3.05) is 40.4 Å². The minimum Gasteiger partial charge on any atom is -0.468 e. The predicted molar refractivity (Wildman–Crippen MR) is 75.2 cm³/mol. The maximum absolute atomic E-state index is 11.7. The van der Waals surface area contributed by atoms with Crippen molar-refractivity contribution >= 4 is 5.97 Å². The first-order valence-electron chi connectivity index (χ1n) is 7.13. The van der Waals surface area contributed by atoms with Crippen molar-refractivity contribution in [3.8, 4) is 0 Å². The number of nitrogens with zero attached hydrogens (tertiary/aromatic N) is 1. The number of likely N-dealkylation sites (N-methyl/N-ethyl adjacent to an activating group) is 1. The number of ether oxygens (including phenoxy) is 2. The van der Waals surface area contributed by atoms with Gasteiger partial charge in [0, 0.05) is 19.7 Å². The second-order valence-corrected chi connectivity index (χ2v) is 5.51. The number of hydrogen-bond donors (Lipinski definition) is 1. The molecule has 0 spiro atoms. The van der Waals surface area contributed by atoms with E-state index in [2.05, 4.69) is 17.1 Å². The van der Waals surface area contributed by atoms with Crippen molar-refractivity contribution in [3.63, 3.8) is 0 Å². The summed E-state index contributed by atoms with van der Waals surface area (Å²) in [5, 5.41) is 3.07. The van der Waals surface area contributed by atoms with Crippen LogP contribution in [0.2, 0.25) is 0 Å². The molecule has 0 bridgehead atoms. The maximum Gasteiger partial charge on any atom is 0.325 e. The van der Waals surface area contributed by atoms with Gasteiger partial charge in [0.1, 0.15) is 5.54 Å². The fraction of sp³-hybridized carbons (Fsp3) is 0.929. The van der Waals surface area contributed by atoms with E-state index in [1.54, 1.807) is 7.05 Å². The lowest BCUT2D eigenvalue weighted by Crippen LogP contribution is -2.48. The number of carbonyl (C=O) groups excluding carboxylic acids is 1. The van der Waals surface area contributed by atoms with Gasteiger partial charge in [0.2, 0.25) is 0 Å². The normalized spacial score (nSPS) is 24.5. The molecule has 5 nitrogen and oxygen atoms in total. The van der Waals surface area contributed by atoms with E-state index in [9.17, 15) is 4.79 Å². The summed E-state index contributed by atoms with van der Waals surface area (Å²) in [4.78, 5) is 14.2. The number of rotatable bonds is 6. The molecule has 0 aromatic carbocycles. The molecule has 0 aromatic heterocycles. The van der Waals surface area contributed by atoms with Gasteiger partial charge in [-0.15, -0.1) is 0 Å². The maximum atomic E-state index is 11.7. The smallest absolute Gasteiger partial charge is 0.325 e. The lowest BCUT2D eigenvalue weighted by atomic mass is 9.96. The molecule has 1 aliphatic rings. The average Bonchev–Trinajstić information content (AvgIpc) is 2.61. The van der Waals surface area contributed by atoms with E-state index >= 15 is 0 Å². The van der Waals surface area contributed by atoms with Gasteiger partial charge in [-0.05, 0) is 46.7 Å². The second-order valence-electron chi connectivity index (χ2n) is 5.51. The summed E-state index contributed by atoms with van der Waals surface area (Å²) in [6.45, 7) is 7.93. The Balaban J connectivity index is 2.37. The van der Waals surface area contributed by atoms with E-state index in [4.69, 9.17) is 9.47 Å². The van der Waals surface area contributed by atoms with E-state index in [1.165, 1.54) is 7.11 Å². The van der Waals surface area contributed by atoms with Crippen LogP contribution in [0.5, 0.6) is 0 Å². The van der Waals surface area contributed by atoms with Gasteiger partial charge < -0.3 is 19.7 Å². The van der Waals surface area contributed by atoms with Crippen LogP contribution in [0.4, 0.5) is 0 Å². The first-order valence-corrected chi connectivity index (χ1v) is 7.13. The third-order valence-electron chi connectivity index (χ3n) is 3.88. The molecule has 0 aromatic rings. The zero-order valence-corrected chi connectivity index (χ0v) is 12.7. The standard InChI is InChI=1S/C14H28N2O3/c1-12-11-16(9-6-10-19-12)8-5-7-14(2,15-3)13(17)18-4/h12,15H,5-11H2,1-4H3. The number of carbonyl (C=O) groups is 1. The average molecular weight is 272 g/mol. The Morgan fingerprint density at radius 2 is 2.32 bits per heavy atom. The van der Waals surface area contributed by atoms with Crippen LogP contribution in [0, 0.1) is 0 Å². The molecule has 5 heteroatoms. The third kappa shape index (κ3) is 5.09. The molecule has 0 aliphatic carbocycles. The van der Waals surface area contributed by atoms with Crippen LogP contribution < -0.4 is 5.32 Å². The quantitative estimate of drug-likeness (QED) is 0.732. The monoisotopic (exact) mass is 272 g/mol. The third-order valence-corrected chi connectivity index (χ3v) is 3.88. The Labute approximate surface area is 116 Å². The molecule has 0 saturated carbocycles. The minimum absolute atomic E-state index is 0.192. The minimum atomic E-state index is -0.581. The Bertz CT molecular complexity index is 286. The van der Waals surface area contributed by atoms with Crippen LogP contribution in [0.15, 0.2) is 0 Å². The van der Waals surface area contributed by atoms with E-state index in [1.807, 2.05) is 6.92 Å². The summed E-state index contributed by atoms with van der Waals surface area (Å²) in [6.07, 6.45) is 3.14. The molecule has 1 N–H and O–H groups in total. The fourth-order valence-electron chi connectivity index (χ4n) is 2.49. The van der Waals surface area contributed by atoms with E-state index in [-0.39, 0.29) is 5.97 Å². The number of hydrogen-bond acceptors (Lipinski definition) is 5. The fourth-order valence-corrected chi connectivity index (χ4v) is 2.49. The summed E-state index contributed by atoms with van der Waals surface area (Å²) in [7, 11) is 3.24. The summed E-state index contributed by atoms with van der Waals surface area (Å²) in [6, 6.07) is 0. The molecule has 1 saturated heterocycles. The Kier molecular flexibility index (Phi) is 6.75.